The zero-order chi connectivity index (χ0) is 14.9. The molecule has 0 amide bonds. The van der Waals surface area contributed by atoms with Crippen molar-refractivity contribution in [1.29, 1.82) is 0 Å². The van der Waals surface area contributed by atoms with Crippen LogP contribution in [-0.2, 0) is 0 Å². The van der Waals surface area contributed by atoms with E-state index in [1.165, 1.54) is 0 Å². The molecule has 0 heterocycles. The maximum atomic E-state index is 5.19. The quantitative estimate of drug-likeness (QED) is 0.666. The maximum Gasteiger partial charge on any atom is 0.118 e. The summed E-state index contributed by atoms with van der Waals surface area (Å²) in [6, 6.07) is 17.9. The molecule has 1 unspecified atom stereocenters. The van der Waals surface area contributed by atoms with Crippen LogP contribution in [0.15, 0.2) is 67.3 Å². The summed E-state index contributed by atoms with van der Waals surface area (Å²) in [5.41, 5.74) is 2.12. The summed E-state index contributed by atoms with van der Waals surface area (Å²) in [5.74, 6) is 7.32. The molecule has 0 saturated heterocycles. The molecule has 0 aliphatic rings. The zero-order valence-corrected chi connectivity index (χ0v) is 12.2. The summed E-state index contributed by atoms with van der Waals surface area (Å²) in [6.45, 7) is 4.45. The van der Waals surface area contributed by atoms with Gasteiger partial charge in [0.25, 0.3) is 0 Å². The van der Waals surface area contributed by atoms with E-state index in [4.69, 9.17) is 4.74 Å². The third kappa shape index (κ3) is 4.52. The minimum absolute atomic E-state index is 0.0332. The third-order valence-electron chi connectivity index (χ3n) is 3.05. The second-order valence-corrected chi connectivity index (χ2v) is 4.54. The van der Waals surface area contributed by atoms with E-state index in [9.17, 15) is 0 Å². The Balaban J connectivity index is 2.21. The lowest BCUT2D eigenvalue weighted by Gasteiger charge is -2.12. The highest BCUT2D eigenvalue weighted by atomic mass is 16.5. The van der Waals surface area contributed by atoms with Crippen molar-refractivity contribution in [3.8, 4) is 17.6 Å². The monoisotopic (exact) mass is 277 g/mol. The molecule has 1 atom stereocenters. The Labute approximate surface area is 126 Å². The molecule has 0 aliphatic heterocycles. The summed E-state index contributed by atoms with van der Waals surface area (Å²) in [7, 11) is 1.66. The van der Waals surface area contributed by atoms with E-state index in [1.54, 1.807) is 7.11 Å². The largest absolute Gasteiger partial charge is 0.497 e. The predicted molar refractivity (Wildman–Crippen MR) is 87.3 cm³/mol. The normalized spacial score (nSPS) is 11.1. The molecule has 2 aromatic rings. The molecule has 0 radical (unpaired) electrons. The first-order chi connectivity index (χ1) is 10.3. The molecule has 2 aromatic carbocycles. The van der Waals surface area contributed by atoms with Gasteiger partial charge in [0.1, 0.15) is 5.75 Å². The maximum absolute atomic E-state index is 5.19. The van der Waals surface area contributed by atoms with Gasteiger partial charge in [0.2, 0.25) is 0 Å². The summed E-state index contributed by atoms with van der Waals surface area (Å²) in [4.78, 5) is 0. The van der Waals surface area contributed by atoms with E-state index in [1.807, 2.05) is 60.7 Å². The van der Waals surface area contributed by atoms with Gasteiger partial charge in [0.05, 0.1) is 13.2 Å². The molecule has 21 heavy (non-hydrogen) atoms. The lowest BCUT2D eigenvalue weighted by Crippen LogP contribution is -2.19. The molecule has 2 heteroatoms. The van der Waals surface area contributed by atoms with Gasteiger partial charge in [-0.3, -0.25) is 5.32 Å². The summed E-state index contributed by atoms with van der Waals surface area (Å²) in [6.07, 6.45) is 1.83. The van der Waals surface area contributed by atoms with Gasteiger partial charge in [0, 0.05) is 12.1 Å². The Hall–Kier alpha value is -2.50. The molecule has 2 rings (SSSR count). The van der Waals surface area contributed by atoms with Crippen molar-refractivity contribution in [3.63, 3.8) is 0 Å². The van der Waals surface area contributed by atoms with Crippen molar-refractivity contribution < 1.29 is 4.74 Å². The first kappa shape index (κ1) is 14.9. The number of rotatable bonds is 5. The van der Waals surface area contributed by atoms with Gasteiger partial charge < -0.3 is 4.74 Å². The highest BCUT2D eigenvalue weighted by molar-refractivity contribution is 5.39. The third-order valence-corrected chi connectivity index (χ3v) is 3.05. The Kier molecular flexibility index (Phi) is 5.63. The molecular weight excluding hydrogens is 258 g/mol. The van der Waals surface area contributed by atoms with E-state index < -0.39 is 0 Å². The van der Waals surface area contributed by atoms with E-state index in [0.717, 1.165) is 16.9 Å². The Morgan fingerprint density at radius 2 is 1.86 bits per heavy atom. The molecule has 0 spiro atoms. The van der Waals surface area contributed by atoms with Crippen LogP contribution in [0.2, 0.25) is 0 Å². The first-order valence-electron chi connectivity index (χ1n) is 6.88. The molecule has 1 N–H and O–H groups in total. The SMILES string of the molecule is C=CCNC(C#Cc1ccccc1)c1ccc(OC)cc1. The zero-order valence-electron chi connectivity index (χ0n) is 12.2. The van der Waals surface area contributed by atoms with E-state index in [0.29, 0.717) is 6.54 Å². The van der Waals surface area contributed by atoms with Crippen LogP contribution in [0.25, 0.3) is 0 Å². The van der Waals surface area contributed by atoms with Gasteiger partial charge in [-0.25, -0.2) is 0 Å². The number of nitrogens with one attached hydrogen (secondary N) is 1. The van der Waals surface area contributed by atoms with Crippen molar-refractivity contribution in [2.45, 2.75) is 6.04 Å². The molecule has 0 aliphatic carbocycles. The van der Waals surface area contributed by atoms with Crippen LogP contribution in [0, 0.1) is 11.8 Å². The average molecular weight is 277 g/mol. The van der Waals surface area contributed by atoms with Crippen LogP contribution in [-0.4, -0.2) is 13.7 Å². The number of hydrogen-bond acceptors (Lipinski definition) is 2. The van der Waals surface area contributed by atoms with Gasteiger partial charge >= 0.3 is 0 Å². The molecule has 0 aromatic heterocycles. The van der Waals surface area contributed by atoms with E-state index >= 15 is 0 Å². The Morgan fingerprint density at radius 3 is 2.48 bits per heavy atom. The van der Waals surface area contributed by atoms with Crippen LogP contribution in [0.5, 0.6) is 5.75 Å². The van der Waals surface area contributed by atoms with Gasteiger partial charge in [-0.15, -0.1) is 6.58 Å². The predicted octanol–water partition coefficient (Wildman–Crippen LogP) is 3.56. The number of methoxy groups -OCH3 is 1. The minimum Gasteiger partial charge on any atom is -0.497 e. The number of benzene rings is 2. The van der Waals surface area contributed by atoms with Gasteiger partial charge in [-0.05, 0) is 29.8 Å². The van der Waals surface area contributed by atoms with Crippen LogP contribution < -0.4 is 10.1 Å². The standard InChI is InChI=1S/C19H19NO/c1-3-15-20-19(14-9-16-7-5-4-6-8-16)17-10-12-18(21-2)13-11-17/h3-8,10-13,19-20H,1,15H2,2H3. The second kappa shape index (κ2) is 7.94. The van der Waals surface area contributed by atoms with E-state index in [-0.39, 0.29) is 6.04 Å². The van der Waals surface area contributed by atoms with Gasteiger partial charge in [-0.2, -0.15) is 0 Å². The highest BCUT2D eigenvalue weighted by Crippen LogP contribution is 2.17. The lowest BCUT2D eigenvalue weighted by molar-refractivity contribution is 0.414. The van der Waals surface area contributed by atoms with Crippen LogP contribution in [0.4, 0.5) is 0 Å². The van der Waals surface area contributed by atoms with Crippen LogP contribution >= 0.6 is 0 Å². The second-order valence-electron chi connectivity index (χ2n) is 4.54. The number of ether oxygens (including phenoxy) is 1. The Morgan fingerprint density at radius 1 is 1.14 bits per heavy atom. The fourth-order valence-electron chi connectivity index (χ4n) is 1.93. The number of hydrogen-bond donors (Lipinski definition) is 1. The molecule has 106 valence electrons. The first-order valence-corrected chi connectivity index (χ1v) is 6.88. The van der Waals surface area contributed by atoms with Crippen molar-refractivity contribution in [1.82, 2.24) is 5.32 Å². The molecule has 0 bridgehead atoms. The molecule has 0 fully saturated rings. The smallest absolute Gasteiger partial charge is 0.118 e. The average Bonchev–Trinajstić information content (AvgIpc) is 2.56. The van der Waals surface area contributed by atoms with Crippen molar-refractivity contribution >= 4 is 0 Å². The Bertz CT molecular complexity index is 620. The summed E-state index contributed by atoms with van der Waals surface area (Å²) >= 11 is 0. The minimum atomic E-state index is -0.0332. The molecule has 2 nitrogen and oxygen atoms in total. The lowest BCUT2D eigenvalue weighted by atomic mass is 10.1. The molecule has 0 saturated carbocycles. The highest BCUT2D eigenvalue weighted by Gasteiger charge is 2.06. The summed E-state index contributed by atoms with van der Waals surface area (Å²) in [5, 5.41) is 3.36. The van der Waals surface area contributed by atoms with E-state index in [2.05, 4.69) is 23.7 Å². The summed E-state index contributed by atoms with van der Waals surface area (Å²) < 4.78 is 5.19. The molecular formula is C19H19NO. The topological polar surface area (TPSA) is 21.3 Å². The van der Waals surface area contributed by atoms with Crippen LogP contribution in [0.1, 0.15) is 17.2 Å². The van der Waals surface area contributed by atoms with Crippen molar-refractivity contribution in [3.05, 3.63) is 78.4 Å². The fraction of sp³-hybridized carbons (Fsp3) is 0.158. The van der Waals surface area contributed by atoms with Crippen molar-refractivity contribution in [2.75, 3.05) is 13.7 Å². The van der Waals surface area contributed by atoms with Gasteiger partial charge in [0.15, 0.2) is 0 Å². The van der Waals surface area contributed by atoms with Crippen molar-refractivity contribution in [2.24, 2.45) is 0 Å². The van der Waals surface area contributed by atoms with Gasteiger partial charge in [-0.1, -0.05) is 48.2 Å². The van der Waals surface area contributed by atoms with Crippen LogP contribution in [0.3, 0.4) is 0 Å². The fourth-order valence-corrected chi connectivity index (χ4v) is 1.93.